The molecule has 0 amide bonds. The largest absolute Gasteiger partial charge is 0.467 e. The predicted octanol–water partition coefficient (Wildman–Crippen LogP) is 3.45. The number of aryl methyl sites for hydroxylation is 1. The van der Waals surface area contributed by atoms with Crippen molar-refractivity contribution in [2.24, 2.45) is 0 Å². The van der Waals surface area contributed by atoms with Gasteiger partial charge < -0.3 is 9.73 Å². The van der Waals surface area contributed by atoms with Gasteiger partial charge >= 0.3 is 0 Å². The van der Waals surface area contributed by atoms with Crippen LogP contribution in [0.15, 0.2) is 53.1 Å². The van der Waals surface area contributed by atoms with Crippen LogP contribution in [-0.4, -0.2) is 12.0 Å². The van der Waals surface area contributed by atoms with Crippen molar-refractivity contribution < 1.29 is 4.42 Å². The van der Waals surface area contributed by atoms with Crippen molar-refractivity contribution >= 4 is 10.9 Å². The first kappa shape index (κ1) is 11.9. The molecule has 19 heavy (non-hydrogen) atoms. The molecule has 1 aromatic carbocycles. The van der Waals surface area contributed by atoms with Crippen LogP contribution in [0, 0.1) is 6.92 Å². The van der Waals surface area contributed by atoms with E-state index in [2.05, 4.69) is 24.4 Å². The molecule has 3 heteroatoms. The van der Waals surface area contributed by atoms with Crippen molar-refractivity contribution in [1.82, 2.24) is 10.3 Å². The molecule has 0 radical (unpaired) electrons. The topological polar surface area (TPSA) is 38.1 Å². The quantitative estimate of drug-likeness (QED) is 0.776. The van der Waals surface area contributed by atoms with E-state index in [1.165, 1.54) is 10.9 Å². The number of nitrogens with one attached hydrogen (secondary N) is 1. The van der Waals surface area contributed by atoms with Gasteiger partial charge in [-0.25, -0.2) is 0 Å². The molecular formula is C16H16N2O. The average Bonchev–Trinajstić information content (AvgIpc) is 2.94. The predicted molar refractivity (Wildman–Crippen MR) is 76.1 cm³/mol. The van der Waals surface area contributed by atoms with E-state index in [4.69, 9.17) is 9.40 Å². The first-order valence-electron chi connectivity index (χ1n) is 6.36. The minimum Gasteiger partial charge on any atom is -0.467 e. The fourth-order valence-electron chi connectivity index (χ4n) is 2.41. The summed E-state index contributed by atoms with van der Waals surface area (Å²) in [5, 5.41) is 4.45. The third-order valence-electron chi connectivity index (χ3n) is 3.35. The number of fused-ring (bicyclic) bond motifs is 1. The maximum atomic E-state index is 5.49. The molecular weight excluding hydrogens is 236 g/mol. The maximum Gasteiger partial charge on any atom is 0.126 e. The summed E-state index contributed by atoms with van der Waals surface area (Å²) < 4.78 is 5.49. The molecule has 0 aliphatic rings. The molecule has 0 aliphatic carbocycles. The van der Waals surface area contributed by atoms with Gasteiger partial charge in [-0.2, -0.15) is 0 Å². The second-order valence-electron chi connectivity index (χ2n) is 4.62. The van der Waals surface area contributed by atoms with Crippen molar-refractivity contribution in [3.63, 3.8) is 0 Å². The second-order valence-corrected chi connectivity index (χ2v) is 4.62. The van der Waals surface area contributed by atoms with Crippen molar-refractivity contribution in [1.29, 1.82) is 0 Å². The highest BCUT2D eigenvalue weighted by atomic mass is 16.3. The van der Waals surface area contributed by atoms with Crippen molar-refractivity contribution in [3.05, 3.63) is 65.7 Å². The molecule has 3 aromatic rings. The first-order valence-corrected chi connectivity index (χ1v) is 6.36. The smallest absolute Gasteiger partial charge is 0.126 e. The van der Waals surface area contributed by atoms with Gasteiger partial charge in [0.1, 0.15) is 11.8 Å². The lowest BCUT2D eigenvalue weighted by Crippen LogP contribution is -2.18. The maximum absolute atomic E-state index is 5.49. The van der Waals surface area contributed by atoms with Crippen LogP contribution in [0.1, 0.15) is 23.1 Å². The van der Waals surface area contributed by atoms with Gasteiger partial charge in [-0.1, -0.05) is 18.2 Å². The minimum absolute atomic E-state index is 0.0155. The van der Waals surface area contributed by atoms with Crippen LogP contribution >= 0.6 is 0 Å². The lowest BCUT2D eigenvalue weighted by Gasteiger charge is -2.15. The number of pyridine rings is 1. The molecule has 2 heterocycles. The summed E-state index contributed by atoms with van der Waals surface area (Å²) in [4.78, 5) is 4.74. The van der Waals surface area contributed by atoms with E-state index in [0.717, 1.165) is 17.0 Å². The van der Waals surface area contributed by atoms with Crippen LogP contribution in [0.25, 0.3) is 10.9 Å². The zero-order valence-electron chi connectivity index (χ0n) is 11.1. The van der Waals surface area contributed by atoms with Crippen molar-refractivity contribution in [2.45, 2.75) is 13.0 Å². The van der Waals surface area contributed by atoms with E-state index in [0.29, 0.717) is 0 Å². The standard InChI is InChI=1S/C16H16N2O/c1-11-10-14(16(17-2)15-8-5-9-19-15)18-13-7-4-3-6-12(11)13/h3-10,16-17H,1-2H3. The van der Waals surface area contributed by atoms with Gasteiger partial charge in [-0.3, -0.25) is 4.98 Å². The number of hydrogen-bond acceptors (Lipinski definition) is 3. The van der Waals surface area contributed by atoms with Gasteiger partial charge in [0.25, 0.3) is 0 Å². The summed E-state index contributed by atoms with van der Waals surface area (Å²) in [6.07, 6.45) is 1.69. The first-order chi connectivity index (χ1) is 9.29. The number of rotatable bonds is 3. The van der Waals surface area contributed by atoms with E-state index >= 15 is 0 Å². The molecule has 2 aromatic heterocycles. The van der Waals surface area contributed by atoms with Gasteiger partial charge in [0, 0.05) is 5.39 Å². The Morgan fingerprint density at radius 3 is 2.74 bits per heavy atom. The average molecular weight is 252 g/mol. The lowest BCUT2D eigenvalue weighted by molar-refractivity contribution is 0.459. The van der Waals surface area contributed by atoms with Gasteiger partial charge in [-0.05, 0) is 43.8 Å². The summed E-state index contributed by atoms with van der Waals surface area (Å²) in [5.41, 5.74) is 3.23. The van der Waals surface area contributed by atoms with E-state index in [1.807, 2.05) is 37.4 Å². The Balaban J connectivity index is 2.14. The minimum atomic E-state index is -0.0155. The lowest BCUT2D eigenvalue weighted by atomic mass is 10.0. The zero-order chi connectivity index (χ0) is 13.2. The molecule has 1 unspecified atom stereocenters. The Morgan fingerprint density at radius 1 is 1.16 bits per heavy atom. The van der Waals surface area contributed by atoms with Crippen molar-refractivity contribution in [3.8, 4) is 0 Å². The molecule has 0 spiro atoms. The van der Waals surface area contributed by atoms with E-state index < -0.39 is 0 Å². The van der Waals surface area contributed by atoms with E-state index in [-0.39, 0.29) is 6.04 Å². The molecule has 3 nitrogen and oxygen atoms in total. The number of benzene rings is 1. The Hall–Kier alpha value is -2.13. The van der Waals surface area contributed by atoms with Crippen LogP contribution in [-0.2, 0) is 0 Å². The molecule has 0 saturated heterocycles. The fourth-order valence-corrected chi connectivity index (χ4v) is 2.41. The number of furan rings is 1. The molecule has 0 bridgehead atoms. The van der Waals surface area contributed by atoms with Crippen LogP contribution < -0.4 is 5.32 Å². The van der Waals surface area contributed by atoms with E-state index in [9.17, 15) is 0 Å². The van der Waals surface area contributed by atoms with Crippen LogP contribution in [0.5, 0.6) is 0 Å². The fraction of sp³-hybridized carbons (Fsp3) is 0.188. The number of para-hydroxylation sites is 1. The Morgan fingerprint density at radius 2 is 2.00 bits per heavy atom. The van der Waals surface area contributed by atoms with Gasteiger partial charge in [0.15, 0.2) is 0 Å². The monoisotopic (exact) mass is 252 g/mol. The van der Waals surface area contributed by atoms with Crippen LogP contribution in [0.3, 0.4) is 0 Å². The van der Waals surface area contributed by atoms with Crippen LogP contribution in [0.4, 0.5) is 0 Å². The normalized spacial score (nSPS) is 12.7. The second kappa shape index (κ2) is 4.86. The SMILES string of the molecule is CNC(c1cc(C)c2ccccc2n1)c1ccco1. The number of aromatic nitrogens is 1. The highest BCUT2D eigenvalue weighted by Crippen LogP contribution is 2.25. The number of nitrogens with zero attached hydrogens (tertiary/aromatic N) is 1. The van der Waals surface area contributed by atoms with Crippen molar-refractivity contribution in [2.75, 3.05) is 7.05 Å². The highest BCUT2D eigenvalue weighted by Gasteiger charge is 2.17. The van der Waals surface area contributed by atoms with Gasteiger partial charge in [0.2, 0.25) is 0 Å². The highest BCUT2D eigenvalue weighted by molar-refractivity contribution is 5.82. The molecule has 1 atom stereocenters. The zero-order valence-corrected chi connectivity index (χ0v) is 11.1. The summed E-state index contributed by atoms with van der Waals surface area (Å²) in [5.74, 6) is 0.879. The number of hydrogen-bond donors (Lipinski definition) is 1. The third kappa shape index (κ3) is 2.13. The van der Waals surface area contributed by atoms with Gasteiger partial charge in [0.05, 0.1) is 17.5 Å². The van der Waals surface area contributed by atoms with Gasteiger partial charge in [-0.15, -0.1) is 0 Å². The summed E-state index contributed by atoms with van der Waals surface area (Å²) in [6, 6.07) is 14.2. The van der Waals surface area contributed by atoms with Crippen LogP contribution in [0.2, 0.25) is 0 Å². The Labute approximate surface area is 112 Å². The molecule has 0 saturated carbocycles. The Kier molecular flexibility index (Phi) is 3.05. The summed E-state index contributed by atoms with van der Waals surface area (Å²) in [7, 11) is 1.92. The third-order valence-corrected chi connectivity index (χ3v) is 3.35. The summed E-state index contributed by atoms with van der Waals surface area (Å²) >= 11 is 0. The van der Waals surface area contributed by atoms with E-state index in [1.54, 1.807) is 6.26 Å². The Bertz CT molecular complexity index is 689. The molecule has 0 aliphatic heterocycles. The molecule has 96 valence electrons. The molecule has 3 rings (SSSR count). The molecule has 1 N–H and O–H groups in total. The molecule has 0 fully saturated rings. The summed E-state index contributed by atoms with van der Waals surface area (Å²) in [6.45, 7) is 2.11.